The minimum absolute atomic E-state index is 0.0188. The van der Waals surface area contributed by atoms with Crippen molar-refractivity contribution >= 4 is 21.7 Å². The Kier molecular flexibility index (Phi) is 10.6. The van der Waals surface area contributed by atoms with Crippen molar-refractivity contribution in [1.29, 1.82) is 0 Å². The van der Waals surface area contributed by atoms with E-state index in [4.69, 9.17) is 14.5 Å². The van der Waals surface area contributed by atoms with Gasteiger partial charge in [-0.05, 0) is 69.6 Å². The predicted molar refractivity (Wildman–Crippen MR) is 183 cm³/mol. The van der Waals surface area contributed by atoms with Crippen molar-refractivity contribution in [2.45, 2.75) is 70.0 Å². The van der Waals surface area contributed by atoms with Gasteiger partial charge >= 0.3 is 6.18 Å². The number of fused-ring (bicyclic) bond motifs is 6. The van der Waals surface area contributed by atoms with Crippen LogP contribution in [-0.4, -0.2) is 72.2 Å². The van der Waals surface area contributed by atoms with Crippen LogP contribution in [0.4, 0.5) is 24.8 Å². The van der Waals surface area contributed by atoms with Gasteiger partial charge in [0.2, 0.25) is 5.88 Å². The minimum atomic E-state index is -4.46. The maximum atomic E-state index is 13.7. The highest BCUT2D eigenvalue weighted by Gasteiger charge is 2.48. The number of benzene rings is 1. The van der Waals surface area contributed by atoms with Crippen molar-refractivity contribution in [1.82, 2.24) is 24.7 Å². The number of nitrogens with zero attached hydrogens (tertiary/aromatic N) is 6. The van der Waals surface area contributed by atoms with E-state index in [1.54, 1.807) is 6.07 Å². The summed E-state index contributed by atoms with van der Waals surface area (Å²) in [6.45, 7) is 4.41. The highest BCUT2D eigenvalue weighted by molar-refractivity contribution is 7.92. The van der Waals surface area contributed by atoms with Gasteiger partial charge in [0.25, 0.3) is 10.0 Å². The zero-order valence-electron chi connectivity index (χ0n) is 28.2. The number of nitrogens with one attached hydrogen (secondary N) is 1. The highest BCUT2D eigenvalue weighted by atomic mass is 32.2. The first kappa shape index (κ1) is 35.6. The van der Waals surface area contributed by atoms with E-state index in [1.165, 1.54) is 29.2 Å². The molecule has 3 aromatic heterocycles. The molecule has 5 heterocycles. The van der Waals surface area contributed by atoms with Gasteiger partial charge in [-0.3, -0.25) is 4.72 Å². The third-order valence-electron chi connectivity index (χ3n) is 9.06. The fraction of sp³-hybridized carbons (Fsp3) is 0.486. The molecule has 0 saturated carbocycles. The number of anilines is 2. The lowest BCUT2D eigenvalue weighted by molar-refractivity contribution is -0.219. The third-order valence-corrected chi connectivity index (χ3v) is 10.3. The van der Waals surface area contributed by atoms with Crippen molar-refractivity contribution in [2.75, 3.05) is 42.5 Å². The van der Waals surface area contributed by atoms with E-state index >= 15 is 0 Å². The summed E-state index contributed by atoms with van der Waals surface area (Å²) >= 11 is 0. The zero-order valence-corrected chi connectivity index (χ0v) is 29.0. The smallest absolute Gasteiger partial charge is 0.397 e. The molecule has 0 aliphatic carbocycles. The first-order valence-corrected chi connectivity index (χ1v) is 18.4. The van der Waals surface area contributed by atoms with Crippen LogP contribution in [-0.2, 0) is 21.2 Å². The molecule has 6 rings (SSSR count). The van der Waals surface area contributed by atoms with Crippen LogP contribution in [0.25, 0.3) is 17.1 Å². The third kappa shape index (κ3) is 8.37. The fourth-order valence-corrected chi connectivity index (χ4v) is 6.99. The number of sulfonamides is 1. The Hall–Kier alpha value is -4.24. The molecule has 4 aromatic rings. The van der Waals surface area contributed by atoms with Crippen LogP contribution in [0.15, 0.2) is 66.0 Å². The van der Waals surface area contributed by atoms with Crippen LogP contribution in [0.3, 0.4) is 0 Å². The van der Waals surface area contributed by atoms with Gasteiger partial charge in [0, 0.05) is 37.5 Å². The van der Waals surface area contributed by atoms with Crippen LogP contribution < -0.4 is 14.4 Å². The van der Waals surface area contributed by atoms with Crippen molar-refractivity contribution in [3.63, 3.8) is 0 Å². The topological polar surface area (TPSA) is 124 Å². The van der Waals surface area contributed by atoms with Gasteiger partial charge in [-0.1, -0.05) is 43.2 Å². The lowest BCUT2D eigenvalue weighted by Gasteiger charge is -2.31. The second-order valence-corrected chi connectivity index (χ2v) is 15.1. The molecular weight excluding hydrogens is 671 g/mol. The largest absolute Gasteiger partial charge is 0.476 e. The summed E-state index contributed by atoms with van der Waals surface area (Å²) < 4.78 is 82.9. The number of aromatic nitrogens is 5. The summed E-state index contributed by atoms with van der Waals surface area (Å²) in [5.74, 6) is 1.14. The van der Waals surface area contributed by atoms with E-state index in [1.807, 2.05) is 30.3 Å². The molecule has 2 aliphatic heterocycles. The van der Waals surface area contributed by atoms with E-state index in [0.29, 0.717) is 24.0 Å². The molecule has 0 spiro atoms. The lowest BCUT2D eigenvalue weighted by atomic mass is 9.94. The quantitative estimate of drug-likeness (QED) is 0.229. The summed E-state index contributed by atoms with van der Waals surface area (Å²) in [6.07, 6.45) is 4.97. The number of halogens is 3. The summed E-state index contributed by atoms with van der Waals surface area (Å²) in [4.78, 5) is 16.1. The minimum Gasteiger partial charge on any atom is -0.476 e. The van der Waals surface area contributed by atoms with Crippen LogP contribution in [0, 0.1) is 11.3 Å². The van der Waals surface area contributed by atoms with Gasteiger partial charge in [-0.25, -0.2) is 19.6 Å². The van der Waals surface area contributed by atoms with Crippen LogP contribution in [0.2, 0.25) is 0 Å². The Balaban J connectivity index is 1.35. The molecule has 15 heteroatoms. The van der Waals surface area contributed by atoms with Gasteiger partial charge in [-0.15, -0.1) is 5.10 Å². The molecular formula is C35H42F3N7O4S. The Labute approximate surface area is 290 Å². The molecule has 50 heavy (non-hydrogen) atoms. The maximum absolute atomic E-state index is 13.7. The van der Waals surface area contributed by atoms with E-state index in [2.05, 4.69) is 24.7 Å². The number of ether oxygens (including phenoxy) is 2. The number of hydrogen-bond donors (Lipinski definition) is 1. The van der Waals surface area contributed by atoms with Gasteiger partial charge < -0.3 is 14.4 Å². The van der Waals surface area contributed by atoms with Crippen molar-refractivity contribution < 1.29 is 31.1 Å². The first-order chi connectivity index (χ1) is 23.9. The molecule has 1 atom stereocenters. The summed E-state index contributed by atoms with van der Waals surface area (Å²) in [5.41, 5.74) is -0.0126. The average Bonchev–Trinajstić information content (AvgIpc) is 3.57. The molecule has 0 radical (unpaired) electrons. The molecule has 268 valence electrons. The monoisotopic (exact) mass is 713 g/mol. The van der Waals surface area contributed by atoms with Gasteiger partial charge in [0.1, 0.15) is 18.1 Å². The normalized spacial score (nSPS) is 18.8. The van der Waals surface area contributed by atoms with Crippen LogP contribution in [0.1, 0.15) is 57.9 Å². The number of pyridine rings is 1. The Morgan fingerprint density at radius 3 is 2.62 bits per heavy atom. The van der Waals surface area contributed by atoms with Gasteiger partial charge in [0.15, 0.2) is 16.7 Å². The second kappa shape index (κ2) is 14.9. The standard InChI is InChI=1S/C35H42F3N7O4S/c1-34(2,35(36,37)38)24-49-30-17-19-45(42-30)33-32-27-14-7-6-13-26(27)12-5-3-4-8-18-44(22-25-11-10-20-48-23-25)29-15-9-16-31(41-29)50(46,47)43-28(40-32)21-39-33/h6-7,9,13-17,19,21,25H,3-5,8,10-12,18,20,22-24H2,1-2H3,(H,40,43)/t25-/m1/s1. The maximum Gasteiger partial charge on any atom is 0.397 e. The second-order valence-electron chi connectivity index (χ2n) is 13.5. The Bertz CT molecular complexity index is 1880. The molecule has 0 unspecified atom stereocenters. The average molecular weight is 714 g/mol. The molecule has 0 amide bonds. The number of aryl methyl sites for hydroxylation is 1. The fourth-order valence-electron chi connectivity index (χ4n) is 6.04. The molecule has 11 nitrogen and oxygen atoms in total. The Morgan fingerprint density at radius 1 is 1.00 bits per heavy atom. The van der Waals surface area contributed by atoms with Crippen molar-refractivity contribution in [2.24, 2.45) is 11.3 Å². The van der Waals surface area contributed by atoms with Gasteiger partial charge in [0.05, 0.1) is 18.2 Å². The summed E-state index contributed by atoms with van der Waals surface area (Å²) in [6, 6.07) is 14.1. The van der Waals surface area contributed by atoms with Crippen molar-refractivity contribution in [3.05, 3.63) is 66.5 Å². The summed E-state index contributed by atoms with van der Waals surface area (Å²) in [5, 5.41) is 4.20. The van der Waals surface area contributed by atoms with Gasteiger partial charge in [-0.2, -0.15) is 21.6 Å². The van der Waals surface area contributed by atoms with E-state index < -0.39 is 28.2 Å². The Morgan fingerprint density at radius 2 is 1.82 bits per heavy atom. The summed E-state index contributed by atoms with van der Waals surface area (Å²) in [7, 11) is -4.18. The van der Waals surface area contributed by atoms with E-state index in [9.17, 15) is 21.6 Å². The molecule has 4 bridgehead atoms. The molecule has 2 aliphatic rings. The van der Waals surface area contributed by atoms with E-state index in [-0.39, 0.29) is 22.5 Å². The van der Waals surface area contributed by atoms with Crippen LogP contribution in [0.5, 0.6) is 5.88 Å². The van der Waals surface area contributed by atoms with Crippen molar-refractivity contribution in [3.8, 4) is 23.0 Å². The zero-order chi connectivity index (χ0) is 35.4. The number of hydrogen-bond acceptors (Lipinski definition) is 9. The predicted octanol–water partition coefficient (Wildman–Crippen LogP) is 6.84. The SMILES string of the molecule is CC(C)(COc1ccn(-c2ncc3nc2-c2ccccc2CCCCCCN(C[C@H]2CCCOC2)c2cccc(n2)S(=O)(=O)N3)n1)C(F)(F)F. The highest BCUT2D eigenvalue weighted by Crippen LogP contribution is 2.38. The van der Waals surface area contributed by atoms with Crippen LogP contribution >= 0.6 is 0 Å². The number of alkyl halides is 3. The molecule has 1 fully saturated rings. The molecule has 1 aromatic carbocycles. The lowest BCUT2D eigenvalue weighted by Crippen LogP contribution is -2.37. The number of rotatable bonds is 6. The molecule has 1 saturated heterocycles. The first-order valence-electron chi connectivity index (χ1n) is 16.9. The molecule has 1 N–H and O–H groups in total. The van der Waals surface area contributed by atoms with E-state index in [0.717, 1.165) is 89.6 Å².